The summed E-state index contributed by atoms with van der Waals surface area (Å²) in [5.41, 5.74) is 0. The van der Waals surface area contributed by atoms with Gasteiger partial charge in [0, 0.05) is 34.6 Å². The Labute approximate surface area is 139 Å². The lowest BCUT2D eigenvalue weighted by Gasteiger charge is -2.24. The number of carbonyl (C=O) groups is 1. The Morgan fingerprint density at radius 1 is 1.38 bits per heavy atom. The second-order valence-corrected chi connectivity index (χ2v) is 7.70. The SMILES string of the molecule is C[C@@H](CSc1ccc(Br)cc1)CN1CC[C@H](O)CCC1=O. The number of aliphatic hydroxyl groups is 1. The second kappa shape index (κ2) is 8.20. The van der Waals surface area contributed by atoms with Gasteiger partial charge in [0.2, 0.25) is 5.91 Å². The van der Waals surface area contributed by atoms with Crippen molar-refractivity contribution in [3.8, 4) is 0 Å². The molecule has 2 rings (SSSR count). The van der Waals surface area contributed by atoms with Crippen molar-refractivity contribution in [1.82, 2.24) is 4.90 Å². The third-order valence-electron chi connectivity index (χ3n) is 3.66. The van der Waals surface area contributed by atoms with Crippen molar-refractivity contribution in [2.24, 2.45) is 5.92 Å². The van der Waals surface area contributed by atoms with E-state index in [0.29, 0.717) is 31.7 Å². The third-order valence-corrected chi connectivity index (χ3v) is 5.53. The summed E-state index contributed by atoms with van der Waals surface area (Å²) in [6.07, 6.45) is 1.48. The zero-order valence-corrected chi connectivity index (χ0v) is 14.7. The Hall–Kier alpha value is -0.520. The molecule has 116 valence electrons. The maximum Gasteiger partial charge on any atom is 0.222 e. The van der Waals surface area contributed by atoms with E-state index in [1.807, 2.05) is 28.8 Å². The molecule has 21 heavy (non-hydrogen) atoms. The standard InChI is InChI=1S/C16H22BrNO2S/c1-12(11-21-15-5-2-13(17)3-6-15)10-18-9-8-14(19)4-7-16(18)20/h2-3,5-6,12,14,19H,4,7-11H2,1H3/t12-,14-/m1/s1. The maximum absolute atomic E-state index is 12.0. The van der Waals surface area contributed by atoms with Crippen molar-refractivity contribution in [2.75, 3.05) is 18.8 Å². The van der Waals surface area contributed by atoms with Crippen LogP contribution in [0.5, 0.6) is 0 Å². The van der Waals surface area contributed by atoms with Gasteiger partial charge in [-0.05, 0) is 43.0 Å². The highest BCUT2D eigenvalue weighted by Crippen LogP contribution is 2.23. The summed E-state index contributed by atoms with van der Waals surface area (Å²) >= 11 is 5.26. The Morgan fingerprint density at radius 3 is 2.81 bits per heavy atom. The van der Waals surface area contributed by atoms with Crippen LogP contribution in [0.1, 0.15) is 26.2 Å². The summed E-state index contributed by atoms with van der Waals surface area (Å²) in [6, 6.07) is 8.31. The molecule has 0 spiro atoms. The van der Waals surface area contributed by atoms with Gasteiger partial charge in [-0.25, -0.2) is 0 Å². The Balaban J connectivity index is 1.79. The fourth-order valence-electron chi connectivity index (χ4n) is 2.41. The van der Waals surface area contributed by atoms with Crippen LogP contribution in [0, 0.1) is 5.92 Å². The number of hydrogen-bond donors (Lipinski definition) is 1. The van der Waals surface area contributed by atoms with E-state index in [1.54, 1.807) is 0 Å². The van der Waals surface area contributed by atoms with Gasteiger partial charge in [-0.3, -0.25) is 4.79 Å². The number of nitrogens with zero attached hydrogens (tertiary/aromatic N) is 1. The number of thioether (sulfide) groups is 1. The fraction of sp³-hybridized carbons (Fsp3) is 0.562. The number of benzene rings is 1. The predicted molar refractivity (Wildman–Crippen MR) is 90.5 cm³/mol. The first-order valence-corrected chi connectivity index (χ1v) is 9.16. The van der Waals surface area contributed by atoms with Gasteiger partial charge in [0.15, 0.2) is 0 Å². The monoisotopic (exact) mass is 371 g/mol. The summed E-state index contributed by atoms with van der Waals surface area (Å²) < 4.78 is 1.09. The quantitative estimate of drug-likeness (QED) is 0.804. The molecule has 0 unspecified atom stereocenters. The first kappa shape index (κ1) is 16.8. The summed E-state index contributed by atoms with van der Waals surface area (Å²) in [6.45, 7) is 3.66. The van der Waals surface area contributed by atoms with Crippen LogP contribution >= 0.6 is 27.7 Å². The van der Waals surface area contributed by atoms with E-state index < -0.39 is 0 Å². The Morgan fingerprint density at radius 2 is 2.10 bits per heavy atom. The molecular formula is C16H22BrNO2S. The highest BCUT2D eigenvalue weighted by Gasteiger charge is 2.22. The van der Waals surface area contributed by atoms with Crippen LogP contribution < -0.4 is 0 Å². The largest absolute Gasteiger partial charge is 0.393 e. The summed E-state index contributed by atoms with van der Waals surface area (Å²) in [5, 5.41) is 9.65. The number of likely N-dealkylation sites (tertiary alicyclic amines) is 1. The zero-order chi connectivity index (χ0) is 15.2. The van der Waals surface area contributed by atoms with Crippen molar-refractivity contribution in [1.29, 1.82) is 0 Å². The zero-order valence-electron chi connectivity index (χ0n) is 12.3. The van der Waals surface area contributed by atoms with Crippen LogP contribution in [0.3, 0.4) is 0 Å². The van der Waals surface area contributed by atoms with E-state index >= 15 is 0 Å². The average molecular weight is 372 g/mol. The summed E-state index contributed by atoms with van der Waals surface area (Å²) in [4.78, 5) is 15.2. The molecule has 1 aromatic carbocycles. The topological polar surface area (TPSA) is 40.5 Å². The molecule has 1 aromatic rings. The lowest BCUT2D eigenvalue weighted by Crippen LogP contribution is -2.35. The molecule has 0 bridgehead atoms. The minimum atomic E-state index is -0.314. The average Bonchev–Trinajstić information content (AvgIpc) is 2.62. The molecule has 5 heteroatoms. The number of halogens is 1. The van der Waals surface area contributed by atoms with E-state index in [4.69, 9.17) is 0 Å². The lowest BCUT2D eigenvalue weighted by molar-refractivity contribution is -0.131. The molecule has 0 aliphatic carbocycles. The first-order valence-electron chi connectivity index (χ1n) is 7.39. The van der Waals surface area contributed by atoms with Crippen LogP contribution in [0.4, 0.5) is 0 Å². The van der Waals surface area contributed by atoms with Crippen LogP contribution in [0.15, 0.2) is 33.6 Å². The van der Waals surface area contributed by atoms with Crippen LogP contribution in [0.25, 0.3) is 0 Å². The van der Waals surface area contributed by atoms with Gasteiger partial charge in [0.05, 0.1) is 6.10 Å². The molecule has 1 N–H and O–H groups in total. The predicted octanol–water partition coefficient (Wildman–Crippen LogP) is 3.55. The van der Waals surface area contributed by atoms with E-state index in [9.17, 15) is 9.90 Å². The smallest absolute Gasteiger partial charge is 0.222 e. The second-order valence-electron chi connectivity index (χ2n) is 5.69. The van der Waals surface area contributed by atoms with Gasteiger partial charge in [0.1, 0.15) is 0 Å². The molecular weight excluding hydrogens is 350 g/mol. The van der Waals surface area contributed by atoms with E-state index in [0.717, 1.165) is 16.8 Å². The highest BCUT2D eigenvalue weighted by atomic mass is 79.9. The van der Waals surface area contributed by atoms with E-state index in [-0.39, 0.29) is 12.0 Å². The molecule has 1 saturated heterocycles. The molecule has 3 nitrogen and oxygen atoms in total. The molecule has 0 radical (unpaired) electrons. The first-order chi connectivity index (χ1) is 10.0. The van der Waals surface area contributed by atoms with Crippen molar-refractivity contribution in [3.05, 3.63) is 28.7 Å². The summed E-state index contributed by atoms with van der Waals surface area (Å²) in [5.74, 6) is 1.62. The van der Waals surface area contributed by atoms with E-state index in [2.05, 4.69) is 35.0 Å². The van der Waals surface area contributed by atoms with Gasteiger partial charge in [-0.1, -0.05) is 22.9 Å². The maximum atomic E-state index is 12.0. The number of rotatable bonds is 5. The van der Waals surface area contributed by atoms with Gasteiger partial charge in [-0.15, -0.1) is 11.8 Å². The van der Waals surface area contributed by atoms with Crippen molar-refractivity contribution in [3.63, 3.8) is 0 Å². The Bertz CT molecular complexity index is 466. The number of carbonyl (C=O) groups excluding carboxylic acids is 1. The molecule has 0 aromatic heterocycles. The lowest BCUT2D eigenvalue weighted by atomic mass is 10.2. The van der Waals surface area contributed by atoms with Gasteiger partial charge in [0.25, 0.3) is 0 Å². The molecule has 1 amide bonds. The third kappa shape index (κ3) is 5.64. The molecule has 2 atom stereocenters. The van der Waals surface area contributed by atoms with Crippen molar-refractivity contribution < 1.29 is 9.90 Å². The fourth-order valence-corrected chi connectivity index (χ4v) is 3.59. The van der Waals surface area contributed by atoms with Crippen molar-refractivity contribution in [2.45, 2.75) is 37.2 Å². The number of amides is 1. The minimum absolute atomic E-state index is 0.187. The molecule has 1 aliphatic rings. The highest BCUT2D eigenvalue weighted by molar-refractivity contribution is 9.10. The van der Waals surface area contributed by atoms with Gasteiger partial charge < -0.3 is 10.0 Å². The van der Waals surface area contributed by atoms with Crippen LogP contribution in [0.2, 0.25) is 0 Å². The molecule has 0 saturated carbocycles. The van der Waals surface area contributed by atoms with Crippen LogP contribution in [-0.2, 0) is 4.79 Å². The number of hydrogen-bond acceptors (Lipinski definition) is 3. The number of aliphatic hydroxyl groups excluding tert-OH is 1. The van der Waals surface area contributed by atoms with Gasteiger partial charge >= 0.3 is 0 Å². The van der Waals surface area contributed by atoms with Crippen LogP contribution in [-0.4, -0.2) is 40.9 Å². The van der Waals surface area contributed by atoms with Gasteiger partial charge in [-0.2, -0.15) is 0 Å². The van der Waals surface area contributed by atoms with Crippen molar-refractivity contribution >= 4 is 33.6 Å². The molecule has 1 heterocycles. The van der Waals surface area contributed by atoms with E-state index in [1.165, 1.54) is 4.90 Å². The normalized spacial score (nSPS) is 21.2. The Kier molecular flexibility index (Phi) is 6.58. The summed E-state index contributed by atoms with van der Waals surface area (Å²) in [7, 11) is 0. The minimum Gasteiger partial charge on any atom is -0.393 e. The molecule has 1 fully saturated rings. The molecule has 1 aliphatic heterocycles.